The van der Waals surface area contributed by atoms with E-state index in [4.69, 9.17) is 5.26 Å². The molecule has 2 rings (SSSR count). The molecule has 2 aromatic rings. The minimum atomic E-state index is -0.0505. The normalized spacial score (nSPS) is 10.6. The van der Waals surface area contributed by atoms with Crippen LogP contribution in [0, 0.1) is 17.2 Å². The molecule has 0 unspecified atom stereocenters. The molecule has 0 spiro atoms. The van der Waals surface area contributed by atoms with Gasteiger partial charge in [-0.1, -0.05) is 13.8 Å². The number of hydrogen-bond donors (Lipinski definition) is 2. The van der Waals surface area contributed by atoms with Crippen molar-refractivity contribution in [3.63, 3.8) is 0 Å². The summed E-state index contributed by atoms with van der Waals surface area (Å²) in [6, 6.07) is 7.80. The van der Waals surface area contributed by atoms with Crippen LogP contribution in [0.2, 0.25) is 0 Å². The summed E-state index contributed by atoms with van der Waals surface area (Å²) in [7, 11) is 0. The molecule has 0 atom stereocenters. The third kappa shape index (κ3) is 2.35. The molecule has 4 nitrogen and oxygen atoms in total. The first-order valence-electron chi connectivity index (χ1n) is 5.89. The monoisotopic (exact) mass is 241 g/mol. The number of nitrogens with zero attached hydrogens (tertiary/aromatic N) is 1. The number of carbonyl (C=O) groups is 1. The van der Waals surface area contributed by atoms with Gasteiger partial charge in [0.05, 0.1) is 12.5 Å². The molecule has 0 bridgehead atoms. The maximum atomic E-state index is 11.6. The Balaban J connectivity index is 2.34. The average Bonchev–Trinajstić information content (AvgIpc) is 2.72. The first-order chi connectivity index (χ1) is 8.61. The summed E-state index contributed by atoms with van der Waals surface area (Å²) < 4.78 is 0. The summed E-state index contributed by atoms with van der Waals surface area (Å²) in [5.41, 5.74) is 2.69. The molecular weight excluding hydrogens is 226 g/mol. The van der Waals surface area contributed by atoms with E-state index in [0.29, 0.717) is 6.42 Å². The van der Waals surface area contributed by atoms with Gasteiger partial charge in [0.15, 0.2) is 0 Å². The summed E-state index contributed by atoms with van der Waals surface area (Å²) in [5.74, 6) is -0.0581. The van der Waals surface area contributed by atoms with E-state index < -0.39 is 0 Å². The quantitative estimate of drug-likeness (QED) is 0.867. The molecule has 1 aromatic carbocycles. The smallest absolute Gasteiger partial charge is 0.226 e. The Hall–Kier alpha value is -2.28. The third-order valence-corrected chi connectivity index (χ3v) is 2.83. The van der Waals surface area contributed by atoms with Crippen LogP contribution in [0.5, 0.6) is 0 Å². The first-order valence-corrected chi connectivity index (χ1v) is 5.89. The van der Waals surface area contributed by atoms with Gasteiger partial charge in [-0.3, -0.25) is 4.79 Å². The number of rotatable bonds is 3. The lowest BCUT2D eigenvalue weighted by atomic mass is 10.1. The highest BCUT2D eigenvalue weighted by atomic mass is 16.1. The highest BCUT2D eigenvalue weighted by molar-refractivity contribution is 5.95. The molecule has 1 amide bonds. The van der Waals surface area contributed by atoms with Crippen LogP contribution in [0.1, 0.15) is 19.4 Å². The summed E-state index contributed by atoms with van der Waals surface area (Å²) >= 11 is 0. The zero-order valence-corrected chi connectivity index (χ0v) is 10.4. The van der Waals surface area contributed by atoms with Crippen molar-refractivity contribution in [3.05, 3.63) is 30.0 Å². The largest absolute Gasteiger partial charge is 0.361 e. The maximum Gasteiger partial charge on any atom is 0.226 e. The first kappa shape index (κ1) is 12.2. The highest BCUT2D eigenvalue weighted by Gasteiger charge is 2.09. The van der Waals surface area contributed by atoms with Crippen molar-refractivity contribution < 1.29 is 4.79 Å². The van der Waals surface area contributed by atoms with Gasteiger partial charge in [0.2, 0.25) is 5.91 Å². The Morgan fingerprint density at radius 3 is 2.94 bits per heavy atom. The molecule has 0 saturated carbocycles. The number of aromatic nitrogens is 1. The number of fused-ring (bicyclic) bond motifs is 1. The highest BCUT2D eigenvalue weighted by Crippen LogP contribution is 2.23. The zero-order valence-electron chi connectivity index (χ0n) is 10.4. The third-order valence-electron chi connectivity index (χ3n) is 2.83. The van der Waals surface area contributed by atoms with Gasteiger partial charge in [0.1, 0.15) is 0 Å². The van der Waals surface area contributed by atoms with Gasteiger partial charge < -0.3 is 10.3 Å². The van der Waals surface area contributed by atoms with Crippen LogP contribution in [0.4, 0.5) is 5.69 Å². The van der Waals surface area contributed by atoms with Crippen LogP contribution >= 0.6 is 0 Å². The second-order valence-corrected chi connectivity index (χ2v) is 4.55. The fourth-order valence-electron chi connectivity index (χ4n) is 1.77. The molecule has 2 N–H and O–H groups in total. The number of anilines is 1. The second-order valence-electron chi connectivity index (χ2n) is 4.55. The predicted molar refractivity (Wildman–Crippen MR) is 71.1 cm³/mol. The predicted octanol–water partition coefficient (Wildman–Crippen LogP) is 2.83. The van der Waals surface area contributed by atoms with Gasteiger partial charge in [-0.2, -0.15) is 5.26 Å². The molecule has 0 aliphatic heterocycles. The van der Waals surface area contributed by atoms with Crippen LogP contribution in [0.3, 0.4) is 0 Å². The Kier molecular flexibility index (Phi) is 3.33. The molecule has 0 fully saturated rings. The van der Waals surface area contributed by atoms with Gasteiger partial charge in [0.25, 0.3) is 0 Å². The summed E-state index contributed by atoms with van der Waals surface area (Å²) in [4.78, 5) is 14.7. The number of carbonyl (C=O) groups excluding carboxylic acids is 1. The maximum absolute atomic E-state index is 11.6. The van der Waals surface area contributed by atoms with E-state index in [2.05, 4.69) is 16.4 Å². The van der Waals surface area contributed by atoms with Crippen molar-refractivity contribution in [1.29, 1.82) is 5.26 Å². The van der Waals surface area contributed by atoms with Gasteiger partial charge >= 0.3 is 0 Å². The molecule has 0 aliphatic carbocycles. The van der Waals surface area contributed by atoms with Crippen molar-refractivity contribution in [3.8, 4) is 6.07 Å². The van der Waals surface area contributed by atoms with E-state index in [0.717, 1.165) is 22.2 Å². The van der Waals surface area contributed by atoms with Gasteiger partial charge in [0, 0.05) is 28.7 Å². The van der Waals surface area contributed by atoms with Crippen LogP contribution in [-0.4, -0.2) is 10.9 Å². The minimum absolute atomic E-state index is 0.00767. The molecule has 4 heteroatoms. The molecule has 0 radical (unpaired) electrons. The van der Waals surface area contributed by atoms with Crippen LogP contribution in [0.15, 0.2) is 24.4 Å². The molecule has 0 aliphatic rings. The van der Waals surface area contributed by atoms with Gasteiger partial charge in [-0.25, -0.2) is 0 Å². The number of amides is 1. The summed E-state index contributed by atoms with van der Waals surface area (Å²) in [5, 5.41) is 12.6. The fourth-order valence-corrected chi connectivity index (χ4v) is 1.77. The summed E-state index contributed by atoms with van der Waals surface area (Å²) in [6.45, 7) is 3.70. The lowest BCUT2D eigenvalue weighted by Crippen LogP contribution is -2.17. The number of nitrogens with one attached hydrogen (secondary N) is 2. The molecular formula is C14H15N3O. The van der Waals surface area contributed by atoms with E-state index in [1.807, 2.05) is 38.2 Å². The lowest BCUT2D eigenvalue weighted by Gasteiger charge is -2.07. The van der Waals surface area contributed by atoms with Crippen molar-refractivity contribution >= 4 is 22.5 Å². The number of nitriles is 1. The Morgan fingerprint density at radius 2 is 2.28 bits per heavy atom. The van der Waals surface area contributed by atoms with Crippen LogP contribution in [0.25, 0.3) is 10.9 Å². The molecule has 0 saturated heterocycles. The van der Waals surface area contributed by atoms with Gasteiger partial charge in [-0.05, 0) is 23.8 Å². The van der Waals surface area contributed by atoms with Crippen LogP contribution < -0.4 is 5.32 Å². The SMILES string of the molecule is CC(C)C(=O)Nc1ccc2[nH]cc(CC#N)c2c1. The molecule has 1 aromatic heterocycles. The lowest BCUT2D eigenvalue weighted by molar-refractivity contribution is -0.118. The van der Waals surface area contributed by atoms with E-state index in [9.17, 15) is 4.79 Å². The Bertz CT molecular complexity index is 619. The zero-order chi connectivity index (χ0) is 13.1. The van der Waals surface area contributed by atoms with Crippen molar-refractivity contribution in [2.75, 3.05) is 5.32 Å². The second kappa shape index (κ2) is 4.92. The Labute approximate surface area is 106 Å². The topological polar surface area (TPSA) is 68.7 Å². The summed E-state index contributed by atoms with van der Waals surface area (Å²) in [6.07, 6.45) is 2.20. The molecule has 1 heterocycles. The van der Waals surface area contributed by atoms with Crippen molar-refractivity contribution in [1.82, 2.24) is 4.98 Å². The standard InChI is InChI=1S/C14H15N3O/c1-9(2)14(18)17-11-3-4-13-12(7-11)10(5-6-15)8-16-13/h3-4,7-9,16H,5H2,1-2H3,(H,17,18). The van der Waals surface area contributed by atoms with E-state index >= 15 is 0 Å². The van der Waals surface area contributed by atoms with Crippen LogP contribution in [-0.2, 0) is 11.2 Å². The number of hydrogen-bond acceptors (Lipinski definition) is 2. The van der Waals surface area contributed by atoms with Crippen molar-refractivity contribution in [2.24, 2.45) is 5.92 Å². The Morgan fingerprint density at radius 1 is 1.50 bits per heavy atom. The average molecular weight is 241 g/mol. The van der Waals surface area contributed by atoms with Gasteiger partial charge in [-0.15, -0.1) is 0 Å². The van der Waals surface area contributed by atoms with E-state index in [-0.39, 0.29) is 11.8 Å². The fraction of sp³-hybridized carbons (Fsp3) is 0.286. The number of H-pyrrole nitrogens is 1. The molecule has 92 valence electrons. The number of aromatic amines is 1. The molecule has 18 heavy (non-hydrogen) atoms. The van der Waals surface area contributed by atoms with E-state index in [1.165, 1.54) is 0 Å². The van der Waals surface area contributed by atoms with E-state index in [1.54, 1.807) is 0 Å². The minimum Gasteiger partial charge on any atom is -0.361 e. The van der Waals surface area contributed by atoms with Crippen molar-refractivity contribution in [2.45, 2.75) is 20.3 Å². The number of benzene rings is 1.